The van der Waals surface area contributed by atoms with Crippen LogP contribution in [0.1, 0.15) is 29.7 Å². The summed E-state index contributed by atoms with van der Waals surface area (Å²) < 4.78 is 0. The van der Waals surface area contributed by atoms with Crippen molar-refractivity contribution < 1.29 is 0 Å². The molecule has 0 spiro atoms. The second-order valence-electron chi connectivity index (χ2n) is 4.38. The molecular formula is C15H17ClN2. The molecule has 0 radical (unpaired) electrons. The number of benzene rings is 1. The van der Waals surface area contributed by atoms with Gasteiger partial charge in [0.15, 0.2) is 0 Å². The first-order valence-electron chi connectivity index (χ1n) is 6.13. The fraction of sp³-hybridized carbons (Fsp3) is 0.267. The highest BCUT2D eigenvalue weighted by molar-refractivity contribution is 6.31. The number of aryl methyl sites for hydroxylation is 1. The van der Waals surface area contributed by atoms with Crippen LogP contribution in [0.15, 0.2) is 42.7 Å². The van der Waals surface area contributed by atoms with Gasteiger partial charge in [0.05, 0.1) is 5.02 Å². The molecule has 1 heterocycles. The number of rotatable bonds is 4. The van der Waals surface area contributed by atoms with Crippen molar-refractivity contribution in [3.63, 3.8) is 0 Å². The SMILES string of the molecule is CCc1ccc(CC(N)c2ccncc2Cl)cc1. The molecule has 1 aromatic heterocycles. The predicted molar refractivity (Wildman–Crippen MR) is 75.7 cm³/mol. The van der Waals surface area contributed by atoms with E-state index in [1.807, 2.05) is 6.07 Å². The Labute approximate surface area is 113 Å². The summed E-state index contributed by atoms with van der Waals surface area (Å²) >= 11 is 6.09. The minimum absolute atomic E-state index is 0.0898. The van der Waals surface area contributed by atoms with Gasteiger partial charge in [-0.25, -0.2) is 0 Å². The lowest BCUT2D eigenvalue weighted by molar-refractivity contribution is 0.720. The van der Waals surface area contributed by atoms with E-state index in [2.05, 4.69) is 36.2 Å². The molecule has 0 bridgehead atoms. The minimum atomic E-state index is -0.0898. The van der Waals surface area contributed by atoms with E-state index in [-0.39, 0.29) is 6.04 Å². The second-order valence-corrected chi connectivity index (χ2v) is 4.79. The van der Waals surface area contributed by atoms with Crippen molar-refractivity contribution >= 4 is 11.6 Å². The molecule has 0 aliphatic carbocycles. The van der Waals surface area contributed by atoms with Gasteiger partial charge in [-0.15, -0.1) is 0 Å². The Morgan fingerprint density at radius 2 is 1.83 bits per heavy atom. The summed E-state index contributed by atoms with van der Waals surface area (Å²) in [5.74, 6) is 0. The Morgan fingerprint density at radius 1 is 1.17 bits per heavy atom. The van der Waals surface area contributed by atoms with Gasteiger partial charge in [0.2, 0.25) is 0 Å². The van der Waals surface area contributed by atoms with Gasteiger partial charge in [-0.2, -0.15) is 0 Å². The Balaban J connectivity index is 2.11. The molecule has 2 N–H and O–H groups in total. The van der Waals surface area contributed by atoms with Crippen molar-refractivity contribution in [3.05, 3.63) is 64.4 Å². The molecule has 1 atom stereocenters. The van der Waals surface area contributed by atoms with E-state index in [9.17, 15) is 0 Å². The second kappa shape index (κ2) is 5.98. The third kappa shape index (κ3) is 3.09. The Hall–Kier alpha value is -1.38. The van der Waals surface area contributed by atoms with Crippen LogP contribution in [0, 0.1) is 0 Å². The summed E-state index contributed by atoms with van der Waals surface area (Å²) in [4.78, 5) is 3.97. The quantitative estimate of drug-likeness (QED) is 0.913. The molecule has 94 valence electrons. The van der Waals surface area contributed by atoms with Crippen LogP contribution in [-0.2, 0) is 12.8 Å². The molecule has 0 saturated heterocycles. The van der Waals surface area contributed by atoms with Crippen molar-refractivity contribution in [3.8, 4) is 0 Å². The maximum Gasteiger partial charge on any atom is 0.0637 e. The molecule has 18 heavy (non-hydrogen) atoms. The molecule has 2 rings (SSSR count). The van der Waals surface area contributed by atoms with Crippen molar-refractivity contribution in [2.45, 2.75) is 25.8 Å². The van der Waals surface area contributed by atoms with E-state index in [0.29, 0.717) is 5.02 Å². The zero-order valence-electron chi connectivity index (χ0n) is 10.4. The molecule has 3 heteroatoms. The van der Waals surface area contributed by atoms with Crippen LogP contribution >= 0.6 is 11.6 Å². The normalized spacial score (nSPS) is 12.4. The van der Waals surface area contributed by atoms with Crippen LogP contribution in [0.25, 0.3) is 0 Å². The van der Waals surface area contributed by atoms with Crippen LogP contribution in [-0.4, -0.2) is 4.98 Å². The summed E-state index contributed by atoms with van der Waals surface area (Å²) in [6, 6.07) is 10.4. The van der Waals surface area contributed by atoms with Gasteiger partial charge in [0.25, 0.3) is 0 Å². The highest BCUT2D eigenvalue weighted by atomic mass is 35.5. The lowest BCUT2D eigenvalue weighted by Gasteiger charge is -2.13. The highest BCUT2D eigenvalue weighted by Gasteiger charge is 2.10. The fourth-order valence-electron chi connectivity index (χ4n) is 1.96. The molecule has 0 aliphatic rings. The summed E-state index contributed by atoms with van der Waals surface area (Å²) in [6.45, 7) is 2.15. The van der Waals surface area contributed by atoms with Gasteiger partial charge < -0.3 is 5.73 Å². The van der Waals surface area contributed by atoms with Gasteiger partial charge >= 0.3 is 0 Å². The summed E-state index contributed by atoms with van der Waals surface area (Å²) in [7, 11) is 0. The summed E-state index contributed by atoms with van der Waals surface area (Å²) in [6.07, 6.45) is 5.20. The number of halogens is 1. The molecular weight excluding hydrogens is 244 g/mol. The monoisotopic (exact) mass is 260 g/mol. The number of pyridine rings is 1. The van der Waals surface area contributed by atoms with Gasteiger partial charge in [-0.05, 0) is 35.6 Å². The predicted octanol–water partition coefficient (Wildman–Crippen LogP) is 3.54. The topological polar surface area (TPSA) is 38.9 Å². The molecule has 0 saturated carbocycles. The average molecular weight is 261 g/mol. The van der Waals surface area contributed by atoms with Crippen LogP contribution in [0.4, 0.5) is 0 Å². The first kappa shape index (κ1) is 13.1. The third-order valence-electron chi connectivity index (χ3n) is 3.09. The zero-order chi connectivity index (χ0) is 13.0. The number of aromatic nitrogens is 1. The van der Waals surface area contributed by atoms with Gasteiger partial charge in [-0.3, -0.25) is 4.98 Å². The average Bonchev–Trinajstić information content (AvgIpc) is 2.40. The van der Waals surface area contributed by atoms with Crippen molar-refractivity contribution in [1.82, 2.24) is 4.98 Å². The number of hydrogen-bond donors (Lipinski definition) is 1. The number of hydrogen-bond acceptors (Lipinski definition) is 2. The number of nitrogens with zero attached hydrogens (tertiary/aromatic N) is 1. The van der Waals surface area contributed by atoms with E-state index in [1.165, 1.54) is 11.1 Å². The molecule has 1 unspecified atom stereocenters. The van der Waals surface area contributed by atoms with E-state index in [1.54, 1.807) is 12.4 Å². The first-order valence-corrected chi connectivity index (χ1v) is 6.51. The van der Waals surface area contributed by atoms with Crippen molar-refractivity contribution in [2.75, 3.05) is 0 Å². The minimum Gasteiger partial charge on any atom is -0.324 e. The van der Waals surface area contributed by atoms with Crippen LogP contribution in [0.3, 0.4) is 0 Å². The maximum absolute atomic E-state index is 6.19. The zero-order valence-corrected chi connectivity index (χ0v) is 11.2. The maximum atomic E-state index is 6.19. The van der Waals surface area contributed by atoms with E-state index in [4.69, 9.17) is 17.3 Å². The molecule has 1 aromatic carbocycles. The first-order chi connectivity index (χ1) is 8.70. The largest absolute Gasteiger partial charge is 0.324 e. The highest BCUT2D eigenvalue weighted by Crippen LogP contribution is 2.23. The Morgan fingerprint density at radius 3 is 2.44 bits per heavy atom. The van der Waals surface area contributed by atoms with Crippen LogP contribution in [0.2, 0.25) is 5.02 Å². The molecule has 0 amide bonds. The lowest BCUT2D eigenvalue weighted by atomic mass is 9.99. The standard InChI is InChI=1S/C15H17ClN2/c1-2-11-3-5-12(6-4-11)9-15(17)13-7-8-18-10-14(13)16/h3-8,10,15H,2,9,17H2,1H3. The molecule has 0 aliphatic heterocycles. The van der Waals surface area contributed by atoms with Crippen LogP contribution in [0.5, 0.6) is 0 Å². The van der Waals surface area contributed by atoms with Crippen molar-refractivity contribution in [1.29, 1.82) is 0 Å². The van der Waals surface area contributed by atoms with E-state index >= 15 is 0 Å². The van der Waals surface area contributed by atoms with E-state index < -0.39 is 0 Å². The molecule has 2 nitrogen and oxygen atoms in total. The van der Waals surface area contributed by atoms with Gasteiger partial charge in [0, 0.05) is 18.4 Å². The molecule has 2 aromatic rings. The van der Waals surface area contributed by atoms with Crippen LogP contribution < -0.4 is 5.73 Å². The van der Waals surface area contributed by atoms with Crippen molar-refractivity contribution in [2.24, 2.45) is 5.73 Å². The summed E-state index contributed by atoms with van der Waals surface area (Å²) in [5.41, 5.74) is 9.71. The third-order valence-corrected chi connectivity index (χ3v) is 3.41. The fourth-order valence-corrected chi connectivity index (χ4v) is 2.22. The smallest absolute Gasteiger partial charge is 0.0637 e. The summed E-state index contributed by atoms with van der Waals surface area (Å²) in [5, 5.41) is 0.634. The Bertz CT molecular complexity index is 508. The molecule has 0 fully saturated rings. The number of nitrogens with two attached hydrogens (primary N) is 1. The lowest BCUT2D eigenvalue weighted by Crippen LogP contribution is -2.14. The van der Waals surface area contributed by atoms with Gasteiger partial charge in [-0.1, -0.05) is 42.8 Å². The van der Waals surface area contributed by atoms with E-state index in [0.717, 1.165) is 18.4 Å². The Kier molecular flexibility index (Phi) is 4.34. The van der Waals surface area contributed by atoms with Gasteiger partial charge in [0.1, 0.15) is 0 Å².